The van der Waals surface area contributed by atoms with Crippen molar-refractivity contribution in [2.75, 3.05) is 56.2 Å². The van der Waals surface area contributed by atoms with Crippen molar-refractivity contribution in [3.63, 3.8) is 0 Å². The van der Waals surface area contributed by atoms with Crippen LogP contribution in [0.1, 0.15) is 19.3 Å². The number of furan rings is 1. The Morgan fingerprint density at radius 3 is 2.60 bits per heavy atom. The largest absolute Gasteiger partial charge is 0.455 e. The highest BCUT2D eigenvalue weighted by Crippen LogP contribution is 2.42. The van der Waals surface area contributed by atoms with Crippen LogP contribution >= 0.6 is 0 Å². The zero-order valence-corrected chi connectivity index (χ0v) is 23.3. The Kier molecular flexibility index (Phi) is 7.37. The van der Waals surface area contributed by atoms with Crippen LogP contribution < -0.4 is 21.0 Å². The van der Waals surface area contributed by atoms with Gasteiger partial charge in [-0.1, -0.05) is 30.3 Å². The number of ether oxygens (including phenoxy) is 2. The number of carbonyl (C=O) groups excluding carboxylic acids is 1. The summed E-state index contributed by atoms with van der Waals surface area (Å²) in [7, 11) is 0. The lowest BCUT2D eigenvalue weighted by Gasteiger charge is -2.27. The lowest BCUT2D eigenvalue weighted by Crippen LogP contribution is -2.36. The van der Waals surface area contributed by atoms with Crippen molar-refractivity contribution in [3.8, 4) is 11.1 Å². The van der Waals surface area contributed by atoms with E-state index in [4.69, 9.17) is 18.3 Å². The summed E-state index contributed by atoms with van der Waals surface area (Å²) in [5.41, 5.74) is 3.95. The number of carbonyl (C=O) groups is 1. The minimum Gasteiger partial charge on any atom is -0.455 e. The minimum atomic E-state index is -0.0996. The zero-order chi connectivity index (χ0) is 28.5. The molecule has 4 heterocycles. The van der Waals surface area contributed by atoms with E-state index in [1.807, 2.05) is 53.4 Å². The molecule has 2 aliphatic rings. The van der Waals surface area contributed by atoms with Crippen LogP contribution in [-0.4, -0.2) is 58.0 Å². The summed E-state index contributed by atoms with van der Waals surface area (Å²) >= 11 is 0. The molecule has 216 valence electrons. The normalized spacial score (nSPS) is 17.4. The van der Waals surface area contributed by atoms with Gasteiger partial charge in [0.05, 0.1) is 35.8 Å². The summed E-state index contributed by atoms with van der Waals surface area (Å²) < 4.78 is 24.0. The fourth-order valence-electron chi connectivity index (χ4n) is 5.94. The van der Waals surface area contributed by atoms with Crippen molar-refractivity contribution in [1.82, 2.24) is 5.32 Å². The Balaban J connectivity index is 1.25. The standard InChI is InChI=1S/C33H33N3O6/c37-27-19-30(36-14-17-39-18-15-36)42-32-22(7-3-8-24(27)32)23-10-11-26(31-25-6-1-2-9-28(25)41-33(23)31)35-29(38)12-13-34-20-21-5-4-16-40-21/h1-3,6-11,19,21,34H,4-5,12-18,20H2,(H,35,38). The molecule has 42 heavy (non-hydrogen) atoms. The average molecular weight is 568 g/mol. The van der Waals surface area contributed by atoms with Crippen LogP contribution in [0.15, 0.2) is 74.3 Å². The van der Waals surface area contributed by atoms with Crippen LogP contribution in [0.5, 0.6) is 0 Å². The van der Waals surface area contributed by atoms with Crippen LogP contribution in [0.3, 0.4) is 0 Å². The Labute approximate surface area is 242 Å². The molecule has 2 aliphatic heterocycles. The predicted molar refractivity (Wildman–Crippen MR) is 163 cm³/mol. The van der Waals surface area contributed by atoms with Gasteiger partial charge < -0.3 is 33.8 Å². The molecule has 3 aromatic carbocycles. The van der Waals surface area contributed by atoms with Crippen LogP contribution in [0.4, 0.5) is 11.6 Å². The SMILES string of the molecule is O=C(CCNCC1CCCO1)Nc1ccc(-c2cccc3c(=O)cc(N4CCOCC4)oc23)c2oc3ccccc3c12. The number of anilines is 2. The third-order valence-electron chi connectivity index (χ3n) is 8.08. The Morgan fingerprint density at radius 2 is 1.74 bits per heavy atom. The number of morpholine rings is 1. The zero-order valence-electron chi connectivity index (χ0n) is 23.3. The third kappa shape index (κ3) is 5.15. The maximum atomic E-state index is 13.2. The van der Waals surface area contributed by atoms with E-state index in [2.05, 4.69) is 10.6 Å². The first kappa shape index (κ1) is 26.7. The van der Waals surface area contributed by atoms with Gasteiger partial charge >= 0.3 is 0 Å². The molecule has 1 atom stereocenters. The van der Waals surface area contributed by atoms with E-state index in [-0.39, 0.29) is 17.4 Å². The molecule has 9 heteroatoms. The number of hydrogen-bond donors (Lipinski definition) is 2. The monoisotopic (exact) mass is 567 g/mol. The van der Waals surface area contributed by atoms with Crippen molar-refractivity contribution in [1.29, 1.82) is 0 Å². The molecule has 2 fully saturated rings. The maximum Gasteiger partial charge on any atom is 0.225 e. The van der Waals surface area contributed by atoms with Gasteiger partial charge in [-0.3, -0.25) is 9.59 Å². The minimum absolute atomic E-state index is 0.0829. The lowest BCUT2D eigenvalue weighted by atomic mass is 9.99. The van der Waals surface area contributed by atoms with Crippen molar-refractivity contribution >= 4 is 50.4 Å². The quantitative estimate of drug-likeness (QED) is 0.244. The summed E-state index contributed by atoms with van der Waals surface area (Å²) in [6.45, 7) is 4.62. The predicted octanol–water partition coefficient (Wildman–Crippen LogP) is 5.29. The Morgan fingerprint density at radius 1 is 0.905 bits per heavy atom. The first-order valence-corrected chi connectivity index (χ1v) is 14.6. The molecule has 0 spiro atoms. The topological polar surface area (TPSA) is 106 Å². The van der Waals surface area contributed by atoms with Crippen LogP contribution in [0.25, 0.3) is 44.0 Å². The van der Waals surface area contributed by atoms with Crippen molar-refractivity contribution in [3.05, 3.63) is 70.9 Å². The summed E-state index contributed by atoms with van der Waals surface area (Å²) in [6.07, 6.45) is 2.73. The second-order valence-corrected chi connectivity index (χ2v) is 10.8. The number of rotatable bonds is 8. The highest BCUT2D eigenvalue weighted by molar-refractivity contribution is 6.18. The van der Waals surface area contributed by atoms with Gasteiger partial charge in [0.2, 0.25) is 5.91 Å². The summed E-state index contributed by atoms with van der Waals surface area (Å²) in [4.78, 5) is 28.2. The van der Waals surface area contributed by atoms with Gasteiger partial charge in [-0.15, -0.1) is 0 Å². The molecule has 2 saturated heterocycles. The molecule has 1 unspecified atom stereocenters. The van der Waals surface area contributed by atoms with E-state index in [0.29, 0.717) is 73.0 Å². The third-order valence-corrected chi connectivity index (χ3v) is 8.08. The van der Waals surface area contributed by atoms with Gasteiger partial charge in [-0.2, -0.15) is 0 Å². The van der Waals surface area contributed by atoms with Gasteiger partial charge in [0.15, 0.2) is 11.3 Å². The number of para-hydroxylation sites is 2. The summed E-state index contributed by atoms with van der Waals surface area (Å²) in [5, 5.41) is 8.66. The second-order valence-electron chi connectivity index (χ2n) is 10.8. The van der Waals surface area contributed by atoms with Crippen LogP contribution in [0, 0.1) is 0 Å². The van der Waals surface area contributed by atoms with Gasteiger partial charge in [-0.25, -0.2) is 0 Å². The van der Waals surface area contributed by atoms with Gasteiger partial charge in [0, 0.05) is 61.8 Å². The van der Waals surface area contributed by atoms with E-state index in [0.717, 1.165) is 47.9 Å². The highest BCUT2D eigenvalue weighted by Gasteiger charge is 2.22. The van der Waals surface area contributed by atoms with E-state index >= 15 is 0 Å². The molecule has 2 aromatic heterocycles. The smallest absolute Gasteiger partial charge is 0.225 e. The molecule has 5 aromatic rings. The molecule has 9 nitrogen and oxygen atoms in total. The molecule has 0 bridgehead atoms. The molecule has 0 aliphatic carbocycles. The van der Waals surface area contributed by atoms with E-state index < -0.39 is 0 Å². The fourth-order valence-corrected chi connectivity index (χ4v) is 5.94. The van der Waals surface area contributed by atoms with Gasteiger partial charge in [0.25, 0.3) is 0 Å². The summed E-state index contributed by atoms with van der Waals surface area (Å²) in [6, 6.07) is 18.7. The van der Waals surface area contributed by atoms with Crippen LogP contribution in [0.2, 0.25) is 0 Å². The Hall–Kier alpha value is -4.18. The van der Waals surface area contributed by atoms with Gasteiger partial charge in [0.1, 0.15) is 16.7 Å². The number of amides is 1. The highest BCUT2D eigenvalue weighted by atomic mass is 16.5. The van der Waals surface area contributed by atoms with E-state index in [1.165, 1.54) is 0 Å². The maximum absolute atomic E-state index is 13.2. The number of benzene rings is 3. The van der Waals surface area contributed by atoms with Gasteiger partial charge in [-0.05, 0) is 37.1 Å². The molecule has 7 rings (SSSR count). The molecular formula is C33H33N3O6. The molecule has 0 saturated carbocycles. The van der Waals surface area contributed by atoms with Crippen molar-refractivity contribution in [2.45, 2.75) is 25.4 Å². The average Bonchev–Trinajstić information content (AvgIpc) is 3.68. The van der Waals surface area contributed by atoms with Crippen molar-refractivity contribution in [2.24, 2.45) is 0 Å². The van der Waals surface area contributed by atoms with E-state index in [9.17, 15) is 9.59 Å². The molecule has 2 N–H and O–H groups in total. The molecule has 1 amide bonds. The summed E-state index contributed by atoms with van der Waals surface area (Å²) in [5.74, 6) is 0.446. The number of hydrogen-bond acceptors (Lipinski definition) is 8. The van der Waals surface area contributed by atoms with E-state index in [1.54, 1.807) is 12.1 Å². The lowest BCUT2D eigenvalue weighted by molar-refractivity contribution is -0.116. The number of nitrogens with zero attached hydrogens (tertiary/aromatic N) is 1. The number of nitrogens with one attached hydrogen (secondary N) is 2. The molecular weight excluding hydrogens is 534 g/mol. The molecule has 0 radical (unpaired) electrons. The first-order chi connectivity index (χ1) is 20.7. The number of fused-ring (bicyclic) bond motifs is 4. The first-order valence-electron chi connectivity index (χ1n) is 14.6. The fraction of sp³-hybridized carbons (Fsp3) is 0.333. The second kappa shape index (κ2) is 11.6. The van der Waals surface area contributed by atoms with Crippen molar-refractivity contribution < 1.29 is 23.1 Å². The Bertz CT molecular complexity index is 1810. The van der Waals surface area contributed by atoms with Crippen LogP contribution in [-0.2, 0) is 14.3 Å².